The second-order valence-electron chi connectivity index (χ2n) is 11.3. The van der Waals surface area contributed by atoms with Gasteiger partial charge in [0, 0.05) is 57.6 Å². The number of para-hydroxylation sites is 1. The van der Waals surface area contributed by atoms with E-state index in [0.717, 1.165) is 39.0 Å². The number of sulfonamides is 1. The van der Waals surface area contributed by atoms with Crippen molar-refractivity contribution in [3.8, 4) is 5.75 Å². The Kier molecular flexibility index (Phi) is 8.90. The molecule has 0 bridgehead atoms. The molecule has 0 unspecified atom stereocenters. The molecule has 6 rings (SSSR count). The quantitative estimate of drug-likeness (QED) is 0.232. The third kappa shape index (κ3) is 6.45. The van der Waals surface area contributed by atoms with Crippen molar-refractivity contribution in [3.63, 3.8) is 0 Å². The maximum Gasteiger partial charge on any atom is 0.339 e. The number of likely N-dealkylation sites (N-methyl/N-ethyl adjacent to an activating group) is 1. The number of H-pyrrole nitrogens is 1. The average Bonchev–Trinajstić information content (AvgIpc) is 3.54. The lowest BCUT2D eigenvalue weighted by Crippen LogP contribution is -2.52. The number of piperidine rings is 1. The number of esters is 1. The molecule has 2 saturated heterocycles. The summed E-state index contributed by atoms with van der Waals surface area (Å²) >= 11 is 0. The van der Waals surface area contributed by atoms with Crippen LogP contribution in [0, 0.1) is 0 Å². The summed E-state index contributed by atoms with van der Waals surface area (Å²) in [4.78, 5) is 29.7. The monoisotopic (exact) mass is 634 g/mol. The van der Waals surface area contributed by atoms with Crippen molar-refractivity contribution in [2.24, 2.45) is 0 Å². The lowest BCUT2D eigenvalue weighted by Gasteiger charge is -2.41. The number of aromatic nitrogens is 3. The van der Waals surface area contributed by atoms with Crippen molar-refractivity contribution in [2.75, 3.05) is 71.2 Å². The van der Waals surface area contributed by atoms with Gasteiger partial charge < -0.3 is 30.0 Å². The molecule has 4 heterocycles. The van der Waals surface area contributed by atoms with Crippen LogP contribution in [0.2, 0.25) is 0 Å². The molecule has 14 heteroatoms. The van der Waals surface area contributed by atoms with Crippen LogP contribution in [0.1, 0.15) is 23.2 Å². The number of nitrogens with one attached hydrogen (secondary N) is 3. The lowest BCUT2D eigenvalue weighted by molar-refractivity contribution is 0.0602. The summed E-state index contributed by atoms with van der Waals surface area (Å²) in [6.45, 7) is 5.12. The largest absolute Gasteiger partial charge is 0.495 e. The van der Waals surface area contributed by atoms with E-state index in [1.165, 1.54) is 20.3 Å². The molecular formula is C31H38N8O5S. The standard InChI is InChI=1S/C31H38N8O5S/c1-37-16-18-38(19-17-37)21-11-14-39(15-12-21)45(41,42)22-8-9-25(27(20-22)43-2)34-31-35-26-10-13-32-28(26)29(36-31)33-24-7-5-4-6-23(24)30(40)44-3/h4-10,13,20-21,32H,11-12,14-19H2,1-3H3,(H2,33,34,35,36). The zero-order valence-corrected chi connectivity index (χ0v) is 26.4. The second-order valence-corrected chi connectivity index (χ2v) is 13.2. The van der Waals surface area contributed by atoms with Gasteiger partial charge in [0.15, 0.2) is 5.82 Å². The predicted molar refractivity (Wildman–Crippen MR) is 172 cm³/mol. The Morgan fingerprint density at radius 1 is 0.933 bits per heavy atom. The molecular weight excluding hydrogens is 596 g/mol. The number of anilines is 4. The van der Waals surface area contributed by atoms with E-state index in [2.05, 4.69) is 42.4 Å². The summed E-state index contributed by atoms with van der Waals surface area (Å²) in [6, 6.07) is 14.0. The summed E-state index contributed by atoms with van der Waals surface area (Å²) in [7, 11) is 1.25. The number of hydrogen-bond acceptors (Lipinski definition) is 11. The van der Waals surface area contributed by atoms with Gasteiger partial charge in [0.05, 0.1) is 41.6 Å². The minimum absolute atomic E-state index is 0.173. The summed E-state index contributed by atoms with van der Waals surface area (Å²) in [5, 5.41) is 6.39. The van der Waals surface area contributed by atoms with Crippen molar-refractivity contribution >= 4 is 50.2 Å². The molecule has 0 amide bonds. The fraction of sp³-hybridized carbons (Fsp3) is 0.387. The zero-order valence-electron chi connectivity index (χ0n) is 25.6. The van der Waals surface area contributed by atoms with Gasteiger partial charge in [-0.05, 0) is 50.2 Å². The number of nitrogens with zero attached hydrogens (tertiary/aromatic N) is 5. The van der Waals surface area contributed by atoms with E-state index in [-0.39, 0.29) is 10.8 Å². The number of carbonyl (C=O) groups excluding carboxylic acids is 1. The van der Waals surface area contributed by atoms with Gasteiger partial charge in [-0.15, -0.1) is 0 Å². The first-order valence-electron chi connectivity index (χ1n) is 14.9. The molecule has 2 aliphatic heterocycles. The van der Waals surface area contributed by atoms with E-state index in [1.807, 2.05) is 0 Å². The number of fused-ring (bicyclic) bond motifs is 1. The van der Waals surface area contributed by atoms with Gasteiger partial charge >= 0.3 is 5.97 Å². The van der Waals surface area contributed by atoms with E-state index in [9.17, 15) is 13.2 Å². The van der Waals surface area contributed by atoms with Crippen molar-refractivity contribution in [3.05, 3.63) is 60.3 Å². The molecule has 238 valence electrons. The first-order valence-corrected chi connectivity index (χ1v) is 16.4. The number of ether oxygens (including phenoxy) is 2. The van der Waals surface area contributed by atoms with Gasteiger partial charge in [-0.2, -0.15) is 9.29 Å². The van der Waals surface area contributed by atoms with Crippen LogP contribution in [0.15, 0.2) is 59.6 Å². The number of piperazine rings is 1. The highest BCUT2D eigenvalue weighted by Crippen LogP contribution is 2.33. The van der Waals surface area contributed by atoms with Gasteiger partial charge in [-0.1, -0.05) is 12.1 Å². The van der Waals surface area contributed by atoms with E-state index in [0.29, 0.717) is 58.7 Å². The Morgan fingerprint density at radius 3 is 2.42 bits per heavy atom. The van der Waals surface area contributed by atoms with Crippen molar-refractivity contribution in [1.29, 1.82) is 0 Å². The van der Waals surface area contributed by atoms with Crippen LogP contribution < -0.4 is 15.4 Å². The molecule has 0 spiro atoms. The highest BCUT2D eigenvalue weighted by Gasteiger charge is 2.33. The van der Waals surface area contributed by atoms with Gasteiger partial charge in [0.2, 0.25) is 16.0 Å². The molecule has 13 nitrogen and oxygen atoms in total. The zero-order chi connectivity index (χ0) is 31.6. The summed E-state index contributed by atoms with van der Waals surface area (Å²) < 4.78 is 39.4. The Hall–Kier alpha value is -4.24. The van der Waals surface area contributed by atoms with Crippen LogP contribution in [0.5, 0.6) is 5.75 Å². The van der Waals surface area contributed by atoms with Crippen molar-refractivity contribution < 1.29 is 22.7 Å². The lowest BCUT2D eigenvalue weighted by atomic mass is 10.0. The topological polar surface area (TPSA) is 145 Å². The van der Waals surface area contributed by atoms with Crippen LogP contribution in [0.25, 0.3) is 11.0 Å². The first kappa shape index (κ1) is 30.8. The van der Waals surface area contributed by atoms with Gasteiger partial charge in [0.25, 0.3) is 0 Å². The normalized spacial score (nSPS) is 17.3. The highest BCUT2D eigenvalue weighted by atomic mass is 32.2. The van der Waals surface area contributed by atoms with Crippen LogP contribution in [0.4, 0.5) is 23.1 Å². The molecule has 0 aliphatic carbocycles. The van der Waals surface area contributed by atoms with Crippen molar-refractivity contribution in [2.45, 2.75) is 23.8 Å². The maximum atomic E-state index is 13.6. The molecule has 2 aromatic heterocycles. The number of methoxy groups -OCH3 is 2. The third-order valence-corrected chi connectivity index (χ3v) is 10.4. The predicted octanol–water partition coefficient (Wildman–Crippen LogP) is 3.64. The fourth-order valence-electron chi connectivity index (χ4n) is 5.94. The SMILES string of the molecule is COC(=O)c1ccccc1Nc1nc(Nc2ccc(S(=O)(=O)N3CCC(N4CCN(C)CC4)CC3)cc2OC)nc2cc[nH]c12. The molecule has 2 aromatic carbocycles. The number of aromatic amines is 1. The molecule has 0 radical (unpaired) electrons. The maximum absolute atomic E-state index is 13.6. The highest BCUT2D eigenvalue weighted by molar-refractivity contribution is 7.89. The minimum atomic E-state index is -3.71. The molecule has 0 atom stereocenters. The van der Waals surface area contributed by atoms with Crippen LogP contribution in [-0.2, 0) is 14.8 Å². The van der Waals surface area contributed by atoms with Gasteiger partial charge in [-0.25, -0.2) is 18.2 Å². The van der Waals surface area contributed by atoms with E-state index >= 15 is 0 Å². The smallest absolute Gasteiger partial charge is 0.339 e. The Bertz CT molecular complexity index is 1780. The Balaban J connectivity index is 1.20. The van der Waals surface area contributed by atoms with Gasteiger partial charge in [0.1, 0.15) is 11.3 Å². The van der Waals surface area contributed by atoms with Crippen molar-refractivity contribution in [1.82, 2.24) is 29.1 Å². The molecule has 2 fully saturated rings. The number of hydrogen-bond donors (Lipinski definition) is 3. The molecule has 3 N–H and O–H groups in total. The number of rotatable bonds is 9. The molecule has 45 heavy (non-hydrogen) atoms. The minimum Gasteiger partial charge on any atom is -0.495 e. The average molecular weight is 635 g/mol. The van der Waals surface area contributed by atoms with Crippen LogP contribution in [-0.4, -0.2) is 110 Å². The summed E-state index contributed by atoms with van der Waals surface area (Å²) in [5.41, 5.74) is 2.65. The number of carbonyl (C=O) groups is 1. The van der Waals surface area contributed by atoms with Crippen LogP contribution in [0.3, 0.4) is 0 Å². The Morgan fingerprint density at radius 2 is 1.69 bits per heavy atom. The second kappa shape index (κ2) is 13.0. The summed E-state index contributed by atoms with van der Waals surface area (Å²) in [5.74, 6) is 0.543. The van der Waals surface area contributed by atoms with E-state index in [4.69, 9.17) is 9.47 Å². The molecule has 0 saturated carbocycles. The first-order chi connectivity index (χ1) is 21.8. The summed E-state index contributed by atoms with van der Waals surface area (Å²) in [6.07, 6.45) is 3.38. The fourth-order valence-corrected chi connectivity index (χ4v) is 7.42. The van der Waals surface area contributed by atoms with E-state index < -0.39 is 16.0 Å². The van der Waals surface area contributed by atoms with Gasteiger partial charge in [-0.3, -0.25) is 4.90 Å². The van der Waals surface area contributed by atoms with Crippen LogP contribution >= 0.6 is 0 Å². The Labute approximate surface area is 262 Å². The molecule has 4 aromatic rings. The molecule has 2 aliphatic rings. The number of benzene rings is 2. The van der Waals surface area contributed by atoms with E-state index in [1.54, 1.807) is 53.0 Å². The third-order valence-electron chi connectivity index (χ3n) is 8.53.